The summed E-state index contributed by atoms with van der Waals surface area (Å²) in [5.74, 6) is -0.532. The number of aryl methyl sites for hydroxylation is 1. The van der Waals surface area contributed by atoms with Gasteiger partial charge in [-0.05, 0) is 23.9 Å². The van der Waals surface area contributed by atoms with Gasteiger partial charge in [0.15, 0.2) is 0 Å². The normalized spacial score (nSPS) is 10.7. The minimum atomic E-state index is -0.532. The van der Waals surface area contributed by atoms with E-state index in [0.29, 0.717) is 23.2 Å². The molecule has 0 saturated heterocycles. The monoisotopic (exact) mass is 309 g/mol. The maximum atomic E-state index is 12.2. The van der Waals surface area contributed by atoms with Crippen LogP contribution in [0.2, 0.25) is 0 Å². The van der Waals surface area contributed by atoms with Crippen molar-refractivity contribution in [3.8, 4) is 0 Å². The number of esters is 1. The van der Waals surface area contributed by atoms with E-state index < -0.39 is 5.97 Å². The Kier molecular flexibility index (Phi) is 4.14. The Morgan fingerprint density at radius 1 is 1.30 bits per heavy atom. The van der Waals surface area contributed by atoms with Gasteiger partial charge in [-0.25, -0.2) is 14.8 Å². The molecule has 0 saturated carbocycles. The van der Waals surface area contributed by atoms with E-state index in [1.165, 1.54) is 12.5 Å². The molecule has 1 aromatic carbocycles. The Bertz CT molecular complexity index is 918. The molecule has 3 rings (SSSR count). The average Bonchev–Trinajstić information content (AvgIpc) is 2.59. The van der Waals surface area contributed by atoms with Gasteiger partial charge in [0.1, 0.15) is 12.9 Å². The second kappa shape index (κ2) is 6.39. The van der Waals surface area contributed by atoms with Crippen LogP contribution in [-0.4, -0.2) is 20.9 Å². The number of carbonyl (C=O) groups is 1. The van der Waals surface area contributed by atoms with E-state index in [2.05, 4.69) is 15.0 Å². The van der Waals surface area contributed by atoms with Gasteiger partial charge in [0.05, 0.1) is 16.8 Å². The smallest absolute Gasteiger partial charge is 0.341 e. The lowest BCUT2D eigenvalue weighted by Crippen LogP contribution is -2.16. The summed E-state index contributed by atoms with van der Waals surface area (Å²) in [4.78, 5) is 34.9. The topological polar surface area (TPSA) is 84.9 Å². The largest absolute Gasteiger partial charge is 0.457 e. The maximum absolute atomic E-state index is 12.2. The number of nitrogens with one attached hydrogen (secondary N) is 1. The van der Waals surface area contributed by atoms with Crippen molar-refractivity contribution in [2.45, 2.75) is 20.0 Å². The van der Waals surface area contributed by atoms with Gasteiger partial charge >= 0.3 is 5.97 Å². The third kappa shape index (κ3) is 3.11. The van der Waals surface area contributed by atoms with Gasteiger partial charge in [-0.2, -0.15) is 0 Å². The molecule has 0 fully saturated rings. The zero-order valence-corrected chi connectivity index (χ0v) is 12.6. The molecule has 0 unspecified atom stereocenters. The molecule has 0 atom stereocenters. The number of fused-ring (bicyclic) bond motifs is 1. The Labute approximate surface area is 132 Å². The molecule has 23 heavy (non-hydrogen) atoms. The van der Waals surface area contributed by atoms with Crippen molar-refractivity contribution < 1.29 is 9.53 Å². The lowest BCUT2D eigenvalue weighted by Gasteiger charge is -2.07. The van der Waals surface area contributed by atoms with E-state index in [1.807, 2.05) is 31.2 Å². The number of nitrogens with zero attached hydrogens (tertiary/aromatic N) is 2. The Morgan fingerprint density at radius 2 is 2.13 bits per heavy atom. The molecule has 0 amide bonds. The number of para-hydroxylation sites is 1. The van der Waals surface area contributed by atoms with Crippen molar-refractivity contribution >= 4 is 16.9 Å². The van der Waals surface area contributed by atoms with Gasteiger partial charge in [0.25, 0.3) is 5.56 Å². The van der Waals surface area contributed by atoms with Gasteiger partial charge in [0, 0.05) is 11.7 Å². The SMILES string of the molecule is CCc1ncncc1C(=O)OCc1cc2ccccc2[nH]c1=O. The summed E-state index contributed by atoms with van der Waals surface area (Å²) >= 11 is 0. The highest BCUT2D eigenvalue weighted by atomic mass is 16.5. The highest BCUT2D eigenvalue weighted by molar-refractivity contribution is 5.90. The van der Waals surface area contributed by atoms with E-state index in [0.717, 1.165) is 10.9 Å². The third-order valence-electron chi connectivity index (χ3n) is 3.54. The van der Waals surface area contributed by atoms with Crippen LogP contribution in [0.4, 0.5) is 0 Å². The average molecular weight is 309 g/mol. The zero-order valence-electron chi connectivity index (χ0n) is 12.6. The summed E-state index contributed by atoms with van der Waals surface area (Å²) < 4.78 is 5.25. The Hall–Kier alpha value is -3.02. The highest BCUT2D eigenvalue weighted by Gasteiger charge is 2.14. The number of rotatable bonds is 4. The molecule has 6 nitrogen and oxygen atoms in total. The highest BCUT2D eigenvalue weighted by Crippen LogP contribution is 2.12. The Balaban J connectivity index is 1.82. The quantitative estimate of drug-likeness (QED) is 0.747. The van der Waals surface area contributed by atoms with Gasteiger partial charge in [0.2, 0.25) is 0 Å². The number of ether oxygens (including phenoxy) is 1. The number of hydrogen-bond acceptors (Lipinski definition) is 5. The first kappa shape index (κ1) is 14.9. The number of aromatic amines is 1. The van der Waals surface area contributed by atoms with Crippen LogP contribution in [-0.2, 0) is 17.8 Å². The molecule has 0 radical (unpaired) electrons. The summed E-state index contributed by atoms with van der Waals surface area (Å²) in [6.45, 7) is 1.80. The Morgan fingerprint density at radius 3 is 2.96 bits per heavy atom. The summed E-state index contributed by atoms with van der Waals surface area (Å²) in [6, 6.07) is 9.16. The van der Waals surface area contributed by atoms with Crippen LogP contribution in [0, 0.1) is 0 Å². The molecule has 0 aliphatic heterocycles. The summed E-state index contributed by atoms with van der Waals surface area (Å²) in [5.41, 5.74) is 1.82. The third-order valence-corrected chi connectivity index (χ3v) is 3.54. The summed E-state index contributed by atoms with van der Waals surface area (Å²) in [5, 5.41) is 0.885. The predicted molar refractivity (Wildman–Crippen MR) is 85.1 cm³/mol. The molecule has 0 spiro atoms. The van der Waals surface area contributed by atoms with Gasteiger partial charge in [-0.15, -0.1) is 0 Å². The molecule has 2 aromatic heterocycles. The fraction of sp³-hybridized carbons (Fsp3) is 0.176. The number of hydrogen-bond donors (Lipinski definition) is 1. The van der Waals surface area contributed by atoms with Crippen LogP contribution in [0.1, 0.15) is 28.5 Å². The number of pyridine rings is 1. The second-order valence-electron chi connectivity index (χ2n) is 5.02. The fourth-order valence-corrected chi connectivity index (χ4v) is 2.33. The van der Waals surface area contributed by atoms with E-state index in [-0.39, 0.29) is 12.2 Å². The summed E-state index contributed by atoms with van der Waals surface area (Å²) in [6.07, 6.45) is 3.42. The lowest BCUT2D eigenvalue weighted by atomic mass is 10.1. The van der Waals surface area contributed by atoms with Gasteiger partial charge in [-0.3, -0.25) is 4.79 Å². The first-order valence-corrected chi connectivity index (χ1v) is 7.26. The van der Waals surface area contributed by atoms with E-state index in [9.17, 15) is 9.59 Å². The van der Waals surface area contributed by atoms with E-state index in [1.54, 1.807) is 6.07 Å². The van der Waals surface area contributed by atoms with Crippen LogP contribution < -0.4 is 5.56 Å². The molecule has 3 aromatic rings. The van der Waals surface area contributed by atoms with E-state index in [4.69, 9.17) is 4.74 Å². The van der Waals surface area contributed by atoms with Crippen molar-refractivity contribution in [3.05, 3.63) is 70.0 Å². The minimum absolute atomic E-state index is 0.100. The number of benzene rings is 1. The van der Waals surface area contributed by atoms with Crippen molar-refractivity contribution in [2.75, 3.05) is 0 Å². The number of carbonyl (C=O) groups excluding carboxylic acids is 1. The summed E-state index contributed by atoms with van der Waals surface area (Å²) in [7, 11) is 0. The number of H-pyrrole nitrogens is 1. The zero-order chi connectivity index (χ0) is 16.2. The molecule has 0 aliphatic rings. The van der Waals surface area contributed by atoms with E-state index >= 15 is 0 Å². The molecule has 6 heteroatoms. The van der Waals surface area contributed by atoms with Crippen molar-refractivity contribution in [1.29, 1.82) is 0 Å². The van der Waals surface area contributed by atoms with Gasteiger partial charge in [-0.1, -0.05) is 25.1 Å². The predicted octanol–water partition coefficient (Wildman–Crippen LogP) is 2.24. The fourth-order valence-electron chi connectivity index (χ4n) is 2.33. The van der Waals surface area contributed by atoms with Crippen molar-refractivity contribution in [2.24, 2.45) is 0 Å². The van der Waals surface area contributed by atoms with Crippen molar-refractivity contribution in [3.63, 3.8) is 0 Å². The maximum Gasteiger partial charge on any atom is 0.341 e. The first-order chi connectivity index (χ1) is 11.2. The second-order valence-corrected chi connectivity index (χ2v) is 5.02. The standard InChI is InChI=1S/C17H15N3O3/c1-2-14-13(8-18-10-19-14)17(22)23-9-12-7-11-5-3-4-6-15(11)20-16(12)21/h3-8,10H,2,9H2,1H3,(H,20,21). The van der Waals surface area contributed by atoms with Crippen molar-refractivity contribution in [1.82, 2.24) is 15.0 Å². The minimum Gasteiger partial charge on any atom is -0.457 e. The molecule has 1 N–H and O–H groups in total. The number of aromatic nitrogens is 3. The van der Waals surface area contributed by atoms with Crippen LogP contribution >= 0.6 is 0 Å². The van der Waals surface area contributed by atoms with Crippen LogP contribution in [0.15, 0.2) is 47.7 Å². The lowest BCUT2D eigenvalue weighted by molar-refractivity contribution is 0.0469. The molecule has 0 aliphatic carbocycles. The molecular weight excluding hydrogens is 294 g/mol. The molecule has 0 bridgehead atoms. The van der Waals surface area contributed by atoms with Crippen LogP contribution in [0.5, 0.6) is 0 Å². The molecule has 2 heterocycles. The first-order valence-electron chi connectivity index (χ1n) is 7.26. The van der Waals surface area contributed by atoms with Crippen LogP contribution in [0.3, 0.4) is 0 Å². The molecule has 116 valence electrons. The molecular formula is C17H15N3O3. The van der Waals surface area contributed by atoms with Crippen LogP contribution in [0.25, 0.3) is 10.9 Å². The van der Waals surface area contributed by atoms with Gasteiger partial charge < -0.3 is 9.72 Å².